The van der Waals surface area contributed by atoms with Crippen LogP contribution < -0.4 is 5.32 Å². The first-order valence-corrected chi connectivity index (χ1v) is 5.40. The molecule has 1 heterocycles. The molecule has 2 aromatic rings. The highest BCUT2D eigenvalue weighted by molar-refractivity contribution is 7.71. The van der Waals surface area contributed by atoms with E-state index in [0.29, 0.717) is 15.6 Å². The van der Waals surface area contributed by atoms with E-state index >= 15 is 0 Å². The summed E-state index contributed by atoms with van der Waals surface area (Å²) in [7, 11) is 0. The van der Waals surface area contributed by atoms with Crippen LogP contribution in [0.3, 0.4) is 0 Å². The Kier molecular flexibility index (Phi) is 3.17. The number of H-pyrrole nitrogens is 1. The zero-order valence-corrected chi connectivity index (χ0v) is 10.1. The third-order valence-electron chi connectivity index (χ3n) is 1.98. The molecular weight excluding hydrogens is 244 g/mol. The summed E-state index contributed by atoms with van der Waals surface area (Å²) in [6.07, 6.45) is 0. The van der Waals surface area contributed by atoms with Gasteiger partial charge in [-0.1, -0.05) is 11.6 Å². The van der Waals surface area contributed by atoms with Gasteiger partial charge in [0, 0.05) is 10.7 Å². The fourth-order valence-electron chi connectivity index (χ4n) is 1.18. The van der Waals surface area contributed by atoms with Gasteiger partial charge in [0.25, 0.3) is 0 Å². The minimum absolute atomic E-state index is 0.349. The number of anilines is 2. The van der Waals surface area contributed by atoms with Crippen LogP contribution in [0.4, 0.5) is 11.5 Å². The van der Waals surface area contributed by atoms with Crippen LogP contribution in [0.1, 0.15) is 5.69 Å². The zero-order valence-electron chi connectivity index (χ0n) is 8.49. The smallest absolute Gasteiger partial charge is 0.215 e. The number of nitrogens with one attached hydrogen (secondary N) is 2. The second kappa shape index (κ2) is 4.59. The van der Waals surface area contributed by atoms with Crippen LogP contribution in [-0.2, 0) is 0 Å². The lowest BCUT2D eigenvalue weighted by Crippen LogP contribution is -2.00. The van der Waals surface area contributed by atoms with Gasteiger partial charge in [0.2, 0.25) is 4.77 Å². The Morgan fingerprint density at radius 2 is 2.00 bits per heavy atom. The topological polar surface area (TPSA) is 53.6 Å². The lowest BCUT2D eigenvalue weighted by atomic mass is 10.3. The highest BCUT2D eigenvalue weighted by atomic mass is 35.5. The Bertz CT molecular complexity index is 549. The molecule has 6 heteroatoms. The van der Waals surface area contributed by atoms with Gasteiger partial charge in [-0.05, 0) is 43.4 Å². The van der Waals surface area contributed by atoms with E-state index in [1.807, 2.05) is 19.1 Å². The van der Waals surface area contributed by atoms with Crippen LogP contribution in [0.2, 0.25) is 5.02 Å². The van der Waals surface area contributed by atoms with Crippen molar-refractivity contribution in [2.24, 2.45) is 0 Å². The number of aryl methyl sites for hydroxylation is 1. The number of hydrogen-bond acceptors (Lipinski definition) is 4. The van der Waals surface area contributed by atoms with Crippen molar-refractivity contribution >= 4 is 35.3 Å². The van der Waals surface area contributed by atoms with E-state index < -0.39 is 0 Å². The Balaban J connectivity index is 2.30. The zero-order chi connectivity index (χ0) is 11.5. The van der Waals surface area contributed by atoms with Gasteiger partial charge in [-0.2, -0.15) is 10.1 Å². The molecule has 0 saturated heterocycles. The molecule has 0 bridgehead atoms. The molecule has 0 atom stereocenters. The van der Waals surface area contributed by atoms with Crippen molar-refractivity contribution in [1.82, 2.24) is 15.2 Å². The van der Waals surface area contributed by atoms with Crippen molar-refractivity contribution in [1.29, 1.82) is 0 Å². The van der Waals surface area contributed by atoms with E-state index in [2.05, 4.69) is 20.5 Å². The van der Waals surface area contributed by atoms with E-state index in [1.165, 1.54) is 0 Å². The van der Waals surface area contributed by atoms with Crippen LogP contribution in [0.5, 0.6) is 0 Å². The third-order valence-corrected chi connectivity index (χ3v) is 2.42. The summed E-state index contributed by atoms with van der Waals surface area (Å²) in [4.78, 5) is 4.14. The Morgan fingerprint density at radius 3 is 2.69 bits per heavy atom. The second-order valence-corrected chi connectivity index (χ2v) is 4.03. The minimum atomic E-state index is 0.349. The average Bonchev–Trinajstić information content (AvgIpc) is 2.27. The van der Waals surface area contributed by atoms with Gasteiger partial charge < -0.3 is 5.32 Å². The summed E-state index contributed by atoms with van der Waals surface area (Å²) in [6, 6.07) is 7.33. The third kappa shape index (κ3) is 2.56. The summed E-state index contributed by atoms with van der Waals surface area (Å²) in [5.74, 6) is 0.645. The lowest BCUT2D eigenvalue weighted by Gasteiger charge is -2.06. The molecule has 0 radical (unpaired) electrons. The van der Waals surface area contributed by atoms with Gasteiger partial charge in [-0.15, -0.1) is 0 Å². The number of halogens is 1. The van der Waals surface area contributed by atoms with Crippen molar-refractivity contribution in [3.63, 3.8) is 0 Å². The van der Waals surface area contributed by atoms with Gasteiger partial charge >= 0.3 is 0 Å². The summed E-state index contributed by atoms with van der Waals surface area (Å²) < 4.78 is 0.349. The average molecular weight is 253 g/mol. The lowest BCUT2D eigenvalue weighted by molar-refractivity contribution is 0.914. The standard InChI is InChI=1S/C10H9ClN4S/c1-6-9(13-10(16)15-14-6)12-8-4-2-7(11)3-5-8/h2-5H,1H3,(H2,12,13,15,16). The summed E-state index contributed by atoms with van der Waals surface area (Å²) >= 11 is 10.7. The summed E-state index contributed by atoms with van der Waals surface area (Å²) in [6.45, 7) is 1.84. The predicted octanol–water partition coefficient (Wildman–Crippen LogP) is 3.24. The maximum atomic E-state index is 5.79. The fourth-order valence-corrected chi connectivity index (χ4v) is 1.44. The molecule has 82 valence electrons. The van der Waals surface area contributed by atoms with E-state index in [9.17, 15) is 0 Å². The molecule has 0 spiro atoms. The highest BCUT2D eigenvalue weighted by Crippen LogP contribution is 2.18. The molecule has 0 amide bonds. The number of nitrogens with zero attached hydrogens (tertiary/aromatic N) is 2. The molecule has 16 heavy (non-hydrogen) atoms. The van der Waals surface area contributed by atoms with Crippen LogP contribution in [0.15, 0.2) is 24.3 Å². The first kappa shape index (κ1) is 11.0. The number of aromatic nitrogens is 3. The monoisotopic (exact) mass is 252 g/mol. The summed E-state index contributed by atoms with van der Waals surface area (Å²) in [5.41, 5.74) is 1.64. The first-order chi connectivity index (χ1) is 7.65. The molecule has 0 saturated carbocycles. The molecule has 2 rings (SSSR count). The molecule has 0 aliphatic carbocycles. The highest BCUT2D eigenvalue weighted by Gasteiger charge is 2.01. The largest absolute Gasteiger partial charge is 0.339 e. The SMILES string of the molecule is Cc1n[nH]c(=S)nc1Nc1ccc(Cl)cc1. The predicted molar refractivity (Wildman–Crippen MR) is 66.7 cm³/mol. The molecule has 0 aliphatic rings. The summed E-state index contributed by atoms with van der Waals surface area (Å²) in [5, 5.41) is 10.5. The van der Waals surface area contributed by atoms with E-state index in [1.54, 1.807) is 12.1 Å². The first-order valence-electron chi connectivity index (χ1n) is 4.61. The number of rotatable bonds is 2. The molecule has 4 nitrogen and oxygen atoms in total. The van der Waals surface area contributed by atoms with Gasteiger partial charge in [0.1, 0.15) is 5.69 Å². The van der Waals surface area contributed by atoms with Gasteiger partial charge in [-0.3, -0.25) is 5.10 Å². The van der Waals surface area contributed by atoms with Gasteiger partial charge in [-0.25, -0.2) is 0 Å². The van der Waals surface area contributed by atoms with Crippen LogP contribution in [0, 0.1) is 11.7 Å². The number of aromatic amines is 1. The molecule has 0 aliphatic heterocycles. The number of hydrogen-bond donors (Lipinski definition) is 2. The van der Waals surface area contributed by atoms with Crippen LogP contribution in [0.25, 0.3) is 0 Å². The van der Waals surface area contributed by atoms with E-state index in [-0.39, 0.29) is 0 Å². The van der Waals surface area contributed by atoms with E-state index in [4.69, 9.17) is 23.8 Å². The molecule has 2 N–H and O–H groups in total. The van der Waals surface area contributed by atoms with Crippen LogP contribution >= 0.6 is 23.8 Å². The molecule has 1 aromatic carbocycles. The maximum Gasteiger partial charge on any atom is 0.215 e. The minimum Gasteiger partial charge on any atom is -0.339 e. The van der Waals surface area contributed by atoms with Gasteiger partial charge in [0.15, 0.2) is 5.82 Å². The fraction of sp³-hybridized carbons (Fsp3) is 0.100. The normalized spacial score (nSPS) is 10.1. The Labute approximate surface area is 103 Å². The van der Waals surface area contributed by atoms with Crippen molar-refractivity contribution in [3.05, 3.63) is 39.8 Å². The van der Waals surface area contributed by atoms with E-state index in [0.717, 1.165) is 11.4 Å². The molecule has 0 unspecified atom stereocenters. The Hall–Kier alpha value is -1.46. The molecule has 0 fully saturated rings. The van der Waals surface area contributed by atoms with Crippen molar-refractivity contribution < 1.29 is 0 Å². The van der Waals surface area contributed by atoms with Gasteiger partial charge in [0.05, 0.1) is 0 Å². The quantitative estimate of drug-likeness (QED) is 0.806. The van der Waals surface area contributed by atoms with Crippen molar-refractivity contribution in [2.45, 2.75) is 6.92 Å². The Morgan fingerprint density at radius 1 is 1.31 bits per heavy atom. The number of benzene rings is 1. The van der Waals surface area contributed by atoms with Crippen LogP contribution in [-0.4, -0.2) is 15.2 Å². The molecular formula is C10H9ClN4S. The van der Waals surface area contributed by atoms with Crippen molar-refractivity contribution in [3.8, 4) is 0 Å². The molecule has 1 aromatic heterocycles. The second-order valence-electron chi connectivity index (χ2n) is 3.21. The van der Waals surface area contributed by atoms with Crippen molar-refractivity contribution in [2.75, 3.05) is 5.32 Å². The maximum absolute atomic E-state index is 5.79.